The van der Waals surface area contributed by atoms with Gasteiger partial charge in [-0.15, -0.1) is 0 Å². The second-order valence-corrected chi connectivity index (χ2v) is 8.04. The molecule has 11 heteroatoms. The smallest absolute Gasteiger partial charge is 0.264 e. The lowest BCUT2D eigenvalue weighted by atomic mass is 10.1. The largest absolute Gasteiger partial charge is 0.348 e. The molecule has 0 atom stereocenters. The van der Waals surface area contributed by atoms with Crippen LogP contribution in [0.3, 0.4) is 0 Å². The zero-order valence-corrected chi connectivity index (χ0v) is 20.9. The normalized spacial score (nSPS) is 10.2. The number of H-pyrrole nitrogens is 2. The van der Waals surface area contributed by atoms with Gasteiger partial charge < -0.3 is 9.80 Å². The predicted molar refractivity (Wildman–Crippen MR) is 139 cm³/mol. The fourth-order valence-electron chi connectivity index (χ4n) is 2.86. The van der Waals surface area contributed by atoms with Crippen LogP contribution in [0.4, 0.5) is 0 Å². The Balaban J connectivity index is 0.000000216. The maximum Gasteiger partial charge on any atom is 0.264 e. The molecule has 0 aliphatic carbocycles. The lowest BCUT2D eigenvalue weighted by Crippen LogP contribution is -2.22. The van der Waals surface area contributed by atoms with Gasteiger partial charge in [-0.3, -0.25) is 24.6 Å². The number of aromatic nitrogens is 4. The Bertz CT molecular complexity index is 1500. The van der Waals surface area contributed by atoms with Crippen molar-refractivity contribution in [3.8, 4) is 12.1 Å². The Morgan fingerprint density at radius 1 is 0.892 bits per heavy atom. The molecule has 0 unspecified atom stereocenters. The topological polar surface area (TPSA) is 163 Å². The first-order valence-electron chi connectivity index (χ1n) is 10.9. The average Bonchev–Trinajstić information content (AvgIpc) is 3.56. The molecule has 2 heterocycles. The Hall–Kier alpha value is -5.29. The highest BCUT2D eigenvalue weighted by atomic mass is 16.2. The highest BCUT2D eigenvalue weighted by Crippen LogP contribution is 2.16. The SMILES string of the molecule is CN(C)C(=O)/C(C#N)=C/c1ccc2[nH]ncc2c1.CN(C)C(=O)CC#N.O=Cc1ccc2[nH]ncc2c1. The van der Waals surface area contributed by atoms with E-state index < -0.39 is 0 Å². The summed E-state index contributed by atoms with van der Waals surface area (Å²) < 4.78 is 0. The van der Waals surface area contributed by atoms with Gasteiger partial charge in [0.15, 0.2) is 0 Å². The molecule has 4 rings (SSSR count). The van der Waals surface area contributed by atoms with Crippen LogP contribution in [0.2, 0.25) is 0 Å². The summed E-state index contributed by atoms with van der Waals surface area (Å²) in [7, 11) is 6.49. The van der Waals surface area contributed by atoms with Gasteiger partial charge in [0, 0.05) is 44.5 Å². The minimum Gasteiger partial charge on any atom is -0.348 e. The Morgan fingerprint density at radius 2 is 1.43 bits per heavy atom. The monoisotopic (exact) mass is 498 g/mol. The standard InChI is InChI=1S/C13H12N4O.C8H6N2O.C5H8N2O/c1-17(2)13(18)10(7-14)5-9-3-4-12-11(6-9)8-15-16-12;11-5-6-1-2-8-7(3-6)4-9-10-8;1-7(2)5(8)3-4-6/h3-6,8H,1-2H3,(H,15,16);1-5H,(H,9,10);3H2,1-2H3/b10-5+;;. The van der Waals surface area contributed by atoms with E-state index in [9.17, 15) is 14.4 Å². The van der Waals surface area contributed by atoms with Crippen molar-refractivity contribution in [1.29, 1.82) is 10.5 Å². The van der Waals surface area contributed by atoms with Gasteiger partial charge in [-0.2, -0.15) is 20.7 Å². The molecule has 0 bridgehead atoms. The number of amides is 2. The van der Waals surface area contributed by atoms with Crippen LogP contribution in [0.15, 0.2) is 54.4 Å². The van der Waals surface area contributed by atoms with Crippen molar-refractivity contribution in [2.45, 2.75) is 6.42 Å². The fraction of sp³-hybridized carbons (Fsp3) is 0.192. The summed E-state index contributed by atoms with van der Waals surface area (Å²) in [6.07, 6.45) is 5.78. The van der Waals surface area contributed by atoms with Gasteiger partial charge in [0.2, 0.25) is 5.91 Å². The maximum atomic E-state index is 11.7. The summed E-state index contributed by atoms with van der Waals surface area (Å²) >= 11 is 0. The molecular weight excluding hydrogens is 472 g/mol. The molecule has 0 aliphatic rings. The first kappa shape index (κ1) is 28.0. The van der Waals surface area contributed by atoms with Crippen molar-refractivity contribution in [3.05, 3.63) is 65.5 Å². The molecule has 2 aromatic heterocycles. The first-order chi connectivity index (χ1) is 17.7. The van der Waals surface area contributed by atoms with Gasteiger partial charge in [-0.25, -0.2) is 0 Å². The van der Waals surface area contributed by atoms with E-state index in [4.69, 9.17) is 10.5 Å². The van der Waals surface area contributed by atoms with Crippen LogP contribution < -0.4 is 0 Å². The number of nitrogens with zero attached hydrogens (tertiary/aromatic N) is 6. The van der Waals surface area contributed by atoms with E-state index in [1.807, 2.05) is 30.3 Å². The zero-order valence-electron chi connectivity index (χ0n) is 20.9. The van der Waals surface area contributed by atoms with Crippen LogP contribution in [0.5, 0.6) is 0 Å². The van der Waals surface area contributed by atoms with Crippen molar-refractivity contribution in [2.75, 3.05) is 28.2 Å². The molecule has 11 nitrogen and oxygen atoms in total. The first-order valence-corrected chi connectivity index (χ1v) is 10.9. The van der Waals surface area contributed by atoms with Crippen LogP contribution in [0.25, 0.3) is 27.9 Å². The fourth-order valence-corrected chi connectivity index (χ4v) is 2.86. The number of hydrogen-bond acceptors (Lipinski definition) is 7. The molecule has 0 fully saturated rings. The van der Waals surface area contributed by atoms with Crippen LogP contribution in [-0.2, 0) is 9.59 Å². The maximum absolute atomic E-state index is 11.7. The van der Waals surface area contributed by atoms with Crippen molar-refractivity contribution in [1.82, 2.24) is 30.2 Å². The molecule has 2 amide bonds. The molecule has 4 aromatic rings. The van der Waals surface area contributed by atoms with Crippen molar-refractivity contribution in [2.24, 2.45) is 0 Å². The van der Waals surface area contributed by atoms with E-state index in [2.05, 4.69) is 20.4 Å². The molecule has 188 valence electrons. The number of rotatable bonds is 4. The average molecular weight is 499 g/mol. The molecule has 0 radical (unpaired) electrons. The number of likely N-dealkylation sites (N-methyl/N-ethyl adjacent to an activating group) is 1. The van der Waals surface area contributed by atoms with Crippen LogP contribution in [0.1, 0.15) is 22.3 Å². The van der Waals surface area contributed by atoms with Gasteiger partial charge in [0.05, 0.1) is 29.5 Å². The Kier molecular flexibility index (Phi) is 10.2. The number of benzene rings is 2. The molecule has 2 aromatic carbocycles. The van der Waals surface area contributed by atoms with Crippen molar-refractivity contribution >= 4 is 46.0 Å². The van der Waals surface area contributed by atoms with Crippen molar-refractivity contribution < 1.29 is 14.4 Å². The highest BCUT2D eigenvalue weighted by Gasteiger charge is 2.11. The van der Waals surface area contributed by atoms with Gasteiger partial charge in [0.25, 0.3) is 5.91 Å². The van der Waals surface area contributed by atoms with Crippen LogP contribution >= 0.6 is 0 Å². The second kappa shape index (κ2) is 13.6. The van der Waals surface area contributed by atoms with E-state index in [1.54, 1.807) is 64.9 Å². The van der Waals surface area contributed by atoms with Gasteiger partial charge in [-0.05, 0) is 42.0 Å². The van der Waals surface area contributed by atoms with Crippen LogP contribution in [-0.4, -0.2) is 76.5 Å². The molecular formula is C26H26N8O3. The molecule has 0 spiro atoms. The van der Waals surface area contributed by atoms with E-state index in [-0.39, 0.29) is 23.8 Å². The van der Waals surface area contributed by atoms with E-state index in [1.165, 1.54) is 9.80 Å². The summed E-state index contributed by atoms with van der Waals surface area (Å²) in [6.45, 7) is 0. The summed E-state index contributed by atoms with van der Waals surface area (Å²) in [6, 6.07) is 14.6. The van der Waals surface area contributed by atoms with Crippen molar-refractivity contribution in [3.63, 3.8) is 0 Å². The third kappa shape index (κ3) is 8.16. The third-order valence-electron chi connectivity index (χ3n) is 4.86. The molecule has 0 saturated carbocycles. The number of aldehydes is 1. The number of nitrogens with one attached hydrogen (secondary N) is 2. The number of fused-ring (bicyclic) bond motifs is 2. The quantitative estimate of drug-likeness (QED) is 0.248. The minimum atomic E-state index is -0.301. The Labute approximate surface area is 213 Å². The van der Waals surface area contributed by atoms with Crippen LogP contribution in [0, 0.1) is 22.7 Å². The lowest BCUT2D eigenvalue weighted by Gasteiger charge is -2.08. The number of aromatic amines is 2. The zero-order chi connectivity index (χ0) is 27.4. The third-order valence-corrected chi connectivity index (χ3v) is 4.86. The van der Waals surface area contributed by atoms with Gasteiger partial charge in [0.1, 0.15) is 24.3 Å². The molecule has 37 heavy (non-hydrogen) atoms. The number of nitriles is 2. The summed E-state index contributed by atoms with van der Waals surface area (Å²) in [4.78, 5) is 35.3. The van der Waals surface area contributed by atoms with Gasteiger partial charge in [-0.1, -0.05) is 6.07 Å². The lowest BCUT2D eigenvalue weighted by molar-refractivity contribution is -0.127. The molecule has 0 saturated heterocycles. The van der Waals surface area contributed by atoms with E-state index in [0.717, 1.165) is 33.7 Å². The number of carbonyl (C=O) groups is 3. The Morgan fingerprint density at radius 3 is 1.86 bits per heavy atom. The minimum absolute atomic E-state index is 0.0208. The van der Waals surface area contributed by atoms with E-state index >= 15 is 0 Å². The molecule has 0 aliphatic heterocycles. The highest BCUT2D eigenvalue weighted by molar-refractivity contribution is 6.01. The van der Waals surface area contributed by atoms with Gasteiger partial charge >= 0.3 is 0 Å². The number of hydrogen-bond donors (Lipinski definition) is 2. The van der Waals surface area contributed by atoms with E-state index in [0.29, 0.717) is 5.56 Å². The summed E-state index contributed by atoms with van der Waals surface area (Å²) in [5.41, 5.74) is 3.47. The second-order valence-electron chi connectivity index (χ2n) is 8.04. The molecule has 2 N–H and O–H groups in total. The number of carbonyl (C=O) groups excluding carboxylic acids is 3. The summed E-state index contributed by atoms with van der Waals surface area (Å²) in [5, 5.41) is 32.3. The summed E-state index contributed by atoms with van der Waals surface area (Å²) in [5.74, 6) is -0.447. The predicted octanol–water partition coefficient (Wildman–Crippen LogP) is 2.92.